The molecule has 4 nitrogen and oxygen atoms in total. The first-order chi connectivity index (χ1) is 10.6. The molecule has 2 aromatic rings. The minimum absolute atomic E-state index is 0.0959. The number of benzene rings is 1. The van der Waals surface area contributed by atoms with Crippen LogP contribution in [0.1, 0.15) is 28.0 Å². The Morgan fingerprint density at radius 2 is 2.09 bits per heavy atom. The second-order valence-corrected chi connectivity index (χ2v) is 5.86. The van der Waals surface area contributed by atoms with Crippen molar-refractivity contribution in [2.45, 2.75) is 17.7 Å². The van der Waals surface area contributed by atoms with Crippen LogP contribution in [-0.2, 0) is 5.75 Å². The average molecular weight is 324 g/mol. The number of carbonyl (C=O) groups is 1. The largest absolute Gasteiger partial charge is 0.461 e. The third-order valence-corrected chi connectivity index (χ3v) is 4.16. The van der Waals surface area contributed by atoms with Gasteiger partial charge in [0.2, 0.25) is 0 Å². The van der Waals surface area contributed by atoms with Crippen molar-refractivity contribution in [2.24, 2.45) is 0 Å². The van der Waals surface area contributed by atoms with Crippen LogP contribution in [0.3, 0.4) is 0 Å². The number of fused-ring (bicyclic) bond motifs is 1. The van der Waals surface area contributed by atoms with E-state index in [9.17, 15) is 13.6 Å². The smallest absolute Gasteiger partial charge is 0.284 e. The van der Waals surface area contributed by atoms with Gasteiger partial charge in [-0.3, -0.25) is 4.79 Å². The molecule has 22 heavy (non-hydrogen) atoms. The van der Waals surface area contributed by atoms with Gasteiger partial charge in [0.1, 0.15) is 11.5 Å². The standard InChI is InChI=1S/C15H14F2N2O2S/c1-19-13(12-7-6-9(21-12)8-22-15(16)17)18-11-5-3-2-4-10(11)14(19)20/h2-7,13,15,18H,8H2,1H3. The van der Waals surface area contributed by atoms with E-state index < -0.39 is 11.9 Å². The van der Waals surface area contributed by atoms with E-state index in [1.165, 1.54) is 4.90 Å². The van der Waals surface area contributed by atoms with Crippen molar-refractivity contribution in [2.75, 3.05) is 12.4 Å². The molecule has 2 heterocycles. The number of hydrogen-bond donors (Lipinski definition) is 1. The Balaban J connectivity index is 1.82. The summed E-state index contributed by atoms with van der Waals surface area (Å²) in [6.07, 6.45) is -0.451. The number of amides is 1. The zero-order valence-corrected chi connectivity index (χ0v) is 12.6. The normalized spacial score (nSPS) is 17.5. The van der Waals surface area contributed by atoms with E-state index in [0.29, 0.717) is 28.8 Å². The predicted molar refractivity (Wildman–Crippen MR) is 80.9 cm³/mol. The van der Waals surface area contributed by atoms with Crippen LogP contribution in [-0.4, -0.2) is 23.6 Å². The Hall–Kier alpha value is -2.02. The minimum Gasteiger partial charge on any atom is -0.461 e. The maximum absolute atomic E-state index is 12.4. The third-order valence-electron chi connectivity index (χ3n) is 3.46. The van der Waals surface area contributed by atoms with Gasteiger partial charge in [0.15, 0.2) is 6.17 Å². The van der Waals surface area contributed by atoms with Crippen LogP contribution in [0.2, 0.25) is 0 Å². The van der Waals surface area contributed by atoms with Gasteiger partial charge in [0.05, 0.1) is 11.3 Å². The molecule has 0 aliphatic carbocycles. The molecule has 1 aliphatic rings. The Bertz CT molecular complexity index is 690. The predicted octanol–water partition coefficient (Wildman–Crippen LogP) is 3.93. The summed E-state index contributed by atoms with van der Waals surface area (Å²) in [4.78, 5) is 13.9. The van der Waals surface area contributed by atoms with Crippen molar-refractivity contribution in [3.8, 4) is 0 Å². The van der Waals surface area contributed by atoms with Gasteiger partial charge >= 0.3 is 0 Å². The quantitative estimate of drug-likeness (QED) is 0.925. The van der Waals surface area contributed by atoms with Crippen LogP contribution in [0.4, 0.5) is 14.5 Å². The molecular weight excluding hydrogens is 310 g/mol. The first kappa shape index (κ1) is 14.9. The lowest BCUT2D eigenvalue weighted by atomic mass is 10.1. The molecule has 1 aliphatic heterocycles. The summed E-state index contributed by atoms with van der Waals surface area (Å²) in [5.41, 5.74) is 1.33. The van der Waals surface area contributed by atoms with Crippen LogP contribution >= 0.6 is 11.8 Å². The number of nitrogens with zero attached hydrogens (tertiary/aromatic N) is 1. The van der Waals surface area contributed by atoms with Gasteiger partial charge in [-0.15, -0.1) is 0 Å². The molecular formula is C15H14F2N2O2S. The van der Waals surface area contributed by atoms with Crippen molar-refractivity contribution in [1.82, 2.24) is 4.90 Å². The zero-order valence-electron chi connectivity index (χ0n) is 11.8. The number of anilines is 1. The molecule has 1 aromatic heterocycles. The van der Waals surface area contributed by atoms with E-state index in [0.717, 1.165) is 5.69 Å². The Kier molecular flexibility index (Phi) is 4.06. The highest BCUT2D eigenvalue weighted by molar-refractivity contribution is 7.98. The Labute approximate surface area is 130 Å². The van der Waals surface area contributed by atoms with Crippen LogP contribution in [0.15, 0.2) is 40.8 Å². The van der Waals surface area contributed by atoms with Gasteiger partial charge in [-0.2, -0.15) is 8.78 Å². The molecule has 1 amide bonds. The van der Waals surface area contributed by atoms with E-state index >= 15 is 0 Å². The van der Waals surface area contributed by atoms with Crippen molar-refractivity contribution in [3.05, 3.63) is 53.5 Å². The second-order valence-electron chi connectivity index (χ2n) is 4.88. The third kappa shape index (κ3) is 2.81. The Morgan fingerprint density at radius 3 is 2.86 bits per heavy atom. The summed E-state index contributed by atoms with van der Waals surface area (Å²) < 4.78 is 30.0. The SMILES string of the molecule is CN1C(=O)c2ccccc2NC1c1ccc(CSC(F)F)o1. The van der Waals surface area contributed by atoms with E-state index in [1.54, 1.807) is 31.3 Å². The molecule has 0 saturated carbocycles. The average Bonchev–Trinajstić information content (AvgIpc) is 2.97. The van der Waals surface area contributed by atoms with E-state index in [-0.39, 0.29) is 11.7 Å². The summed E-state index contributed by atoms with van der Waals surface area (Å²) in [5.74, 6) is -1.47. The van der Waals surface area contributed by atoms with Crippen LogP contribution < -0.4 is 5.32 Å². The Morgan fingerprint density at radius 1 is 1.32 bits per heavy atom. The molecule has 0 bridgehead atoms. The highest BCUT2D eigenvalue weighted by Crippen LogP contribution is 2.33. The van der Waals surface area contributed by atoms with E-state index in [4.69, 9.17) is 4.42 Å². The first-order valence-corrected chi connectivity index (χ1v) is 7.72. The highest BCUT2D eigenvalue weighted by atomic mass is 32.2. The molecule has 1 N–H and O–H groups in total. The van der Waals surface area contributed by atoms with Gasteiger partial charge in [-0.1, -0.05) is 23.9 Å². The summed E-state index contributed by atoms with van der Waals surface area (Å²) in [6.45, 7) is 0. The fourth-order valence-electron chi connectivity index (χ4n) is 2.37. The summed E-state index contributed by atoms with van der Waals surface area (Å²) in [5, 5.41) is 3.23. The lowest BCUT2D eigenvalue weighted by Gasteiger charge is -2.33. The van der Waals surface area contributed by atoms with Gasteiger partial charge in [0.25, 0.3) is 11.7 Å². The molecule has 7 heteroatoms. The van der Waals surface area contributed by atoms with Gasteiger partial charge < -0.3 is 14.6 Å². The van der Waals surface area contributed by atoms with Crippen molar-refractivity contribution in [3.63, 3.8) is 0 Å². The second kappa shape index (κ2) is 6.00. The van der Waals surface area contributed by atoms with Crippen molar-refractivity contribution < 1.29 is 18.0 Å². The number of para-hydroxylation sites is 1. The number of halogens is 2. The summed E-state index contributed by atoms with van der Waals surface area (Å²) >= 11 is 0.506. The summed E-state index contributed by atoms with van der Waals surface area (Å²) in [7, 11) is 1.67. The lowest BCUT2D eigenvalue weighted by molar-refractivity contribution is 0.0718. The van der Waals surface area contributed by atoms with Gasteiger partial charge in [-0.25, -0.2) is 0 Å². The van der Waals surface area contributed by atoms with Crippen LogP contribution in [0, 0.1) is 0 Å². The van der Waals surface area contributed by atoms with E-state index in [2.05, 4.69) is 5.32 Å². The number of thioether (sulfide) groups is 1. The molecule has 0 spiro atoms. The number of furan rings is 1. The fraction of sp³-hybridized carbons (Fsp3) is 0.267. The molecule has 1 atom stereocenters. The monoisotopic (exact) mass is 324 g/mol. The van der Waals surface area contributed by atoms with Crippen LogP contribution in [0.5, 0.6) is 0 Å². The van der Waals surface area contributed by atoms with Crippen LogP contribution in [0.25, 0.3) is 0 Å². The van der Waals surface area contributed by atoms with Gasteiger partial charge in [-0.05, 0) is 24.3 Å². The lowest BCUT2D eigenvalue weighted by Crippen LogP contribution is -2.39. The molecule has 0 saturated heterocycles. The first-order valence-electron chi connectivity index (χ1n) is 6.67. The molecule has 0 fully saturated rings. The molecule has 116 valence electrons. The van der Waals surface area contributed by atoms with Crippen molar-refractivity contribution >= 4 is 23.4 Å². The number of alkyl halides is 2. The fourth-order valence-corrected chi connectivity index (χ4v) is 2.82. The topological polar surface area (TPSA) is 45.5 Å². The number of carbonyl (C=O) groups excluding carboxylic acids is 1. The minimum atomic E-state index is -2.43. The van der Waals surface area contributed by atoms with Crippen molar-refractivity contribution in [1.29, 1.82) is 0 Å². The summed E-state index contributed by atoms with van der Waals surface area (Å²) in [6, 6.07) is 10.6. The molecule has 1 unspecified atom stereocenters. The number of nitrogens with one attached hydrogen (secondary N) is 1. The van der Waals surface area contributed by atoms with E-state index in [1.807, 2.05) is 12.1 Å². The number of rotatable bonds is 4. The van der Waals surface area contributed by atoms with Gasteiger partial charge in [0, 0.05) is 12.7 Å². The number of hydrogen-bond acceptors (Lipinski definition) is 4. The maximum Gasteiger partial charge on any atom is 0.284 e. The highest BCUT2D eigenvalue weighted by Gasteiger charge is 2.31. The molecule has 1 aromatic carbocycles. The molecule has 0 radical (unpaired) electrons. The maximum atomic E-state index is 12.4. The molecule has 3 rings (SSSR count). The zero-order chi connectivity index (χ0) is 15.7.